The molecule has 2 fully saturated rings. The van der Waals surface area contributed by atoms with Gasteiger partial charge in [-0.2, -0.15) is 11.8 Å². The third-order valence-corrected chi connectivity index (χ3v) is 5.90. The van der Waals surface area contributed by atoms with Crippen LogP contribution < -0.4 is 10.6 Å². The number of pyridine rings is 1. The Morgan fingerprint density at radius 3 is 2.70 bits per heavy atom. The maximum atomic E-state index is 12.4. The lowest BCUT2D eigenvalue weighted by Crippen LogP contribution is -2.48. The molecular formula is C17H26N4OS. The lowest BCUT2D eigenvalue weighted by Gasteiger charge is -2.39. The summed E-state index contributed by atoms with van der Waals surface area (Å²) in [5.41, 5.74) is 0.677. The SMILES string of the molecule is CNc1cc(C(=O)NC2CCN(C3CCSCC3)CC2)ccn1. The molecule has 126 valence electrons. The Morgan fingerprint density at radius 2 is 2.00 bits per heavy atom. The summed E-state index contributed by atoms with van der Waals surface area (Å²) in [6, 6.07) is 4.63. The average molecular weight is 334 g/mol. The highest BCUT2D eigenvalue weighted by molar-refractivity contribution is 7.99. The predicted octanol–water partition coefficient (Wildman–Crippen LogP) is 2.21. The maximum Gasteiger partial charge on any atom is 0.251 e. The highest BCUT2D eigenvalue weighted by Crippen LogP contribution is 2.24. The van der Waals surface area contributed by atoms with E-state index in [1.807, 2.05) is 7.05 Å². The van der Waals surface area contributed by atoms with Crippen molar-refractivity contribution in [2.45, 2.75) is 37.8 Å². The van der Waals surface area contributed by atoms with Crippen LogP contribution in [0.1, 0.15) is 36.0 Å². The van der Waals surface area contributed by atoms with Gasteiger partial charge in [0.25, 0.3) is 5.91 Å². The maximum absolute atomic E-state index is 12.4. The van der Waals surface area contributed by atoms with Crippen molar-refractivity contribution in [2.75, 3.05) is 37.0 Å². The number of hydrogen-bond donors (Lipinski definition) is 2. The van der Waals surface area contributed by atoms with Crippen molar-refractivity contribution in [3.05, 3.63) is 23.9 Å². The molecular weight excluding hydrogens is 308 g/mol. The number of piperidine rings is 1. The van der Waals surface area contributed by atoms with E-state index in [0.717, 1.165) is 37.8 Å². The third kappa shape index (κ3) is 4.38. The molecule has 2 aliphatic rings. The molecule has 23 heavy (non-hydrogen) atoms. The van der Waals surface area contributed by atoms with Gasteiger partial charge in [-0.25, -0.2) is 4.98 Å². The van der Waals surface area contributed by atoms with Crippen LogP contribution in [0.2, 0.25) is 0 Å². The zero-order valence-electron chi connectivity index (χ0n) is 13.8. The summed E-state index contributed by atoms with van der Waals surface area (Å²) < 4.78 is 0. The minimum absolute atomic E-state index is 0.0106. The van der Waals surface area contributed by atoms with E-state index >= 15 is 0 Å². The number of thioether (sulfide) groups is 1. The Hall–Kier alpha value is -1.27. The minimum Gasteiger partial charge on any atom is -0.373 e. The first-order valence-corrected chi connectivity index (χ1v) is 9.68. The first kappa shape index (κ1) is 16.6. The Morgan fingerprint density at radius 1 is 1.26 bits per heavy atom. The van der Waals surface area contributed by atoms with Gasteiger partial charge in [-0.05, 0) is 49.3 Å². The summed E-state index contributed by atoms with van der Waals surface area (Å²) >= 11 is 2.08. The summed E-state index contributed by atoms with van der Waals surface area (Å²) in [6.07, 6.45) is 6.43. The number of carbonyl (C=O) groups is 1. The molecule has 3 heterocycles. The zero-order valence-corrected chi connectivity index (χ0v) is 14.6. The molecule has 0 aromatic carbocycles. The quantitative estimate of drug-likeness (QED) is 0.884. The largest absolute Gasteiger partial charge is 0.373 e. The van der Waals surface area contributed by atoms with Gasteiger partial charge in [0, 0.05) is 44.0 Å². The summed E-state index contributed by atoms with van der Waals surface area (Å²) in [5, 5.41) is 6.15. The summed E-state index contributed by atoms with van der Waals surface area (Å²) in [5.74, 6) is 3.34. The van der Waals surface area contributed by atoms with E-state index in [1.54, 1.807) is 18.3 Å². The van der Waals surface area contributed by atoms with Crippen LogP contribution in [0, 0.1) is 0 Å². The Bertz CT molecular complexity index is 525. The standard InChI is InChI=1S/C17H26N4OS/c1-18-16-12-13(2-7-19-16)17(22)20-14-3-8-21(9-4-14)15-5-10-23-11-6-15/h2,7,12,14-15H,3-6,8-11H2,1H3,(H,18,19)(H,20,22). The number of aromatic nitrogens is 1. The van der Waals surface area contributed by atoms with E-state index in [4.69, 9.17) is 0 Å². The highest BCUT2D eigenvalue weighted by Gasteiger charge is 2.27. The van der Waals surface area contributed by atoms with E-state index in [2.05, 4.69) is 32.3 Å². The molecule has 2 saturated heterocycles. The molecule has 1 aromatic heterocycles. The van der Waals surface area contributed by atoms with E-state index < -0.39 is 0 Å². The number of anilines is 1. The topological polar surface area (TPSA) is 57.3 Å². The van der Waals surface area contributed by atoms with Crippen LogP contribution in [0.5, 0.6) is 0 Å². The van der Waals surface area contributed by atoms with Gasteiger partial charge in [0.1, 0.15) is 5.82 Å². The number of amides is 1. The fourth-order valence-electron chi connectivity index (χ4n) is 3.44. The van der Waals surface area contributed by atoms with Gasteiger partial charge in [-0.15, -0.1) is 0 Å². The number of hydrogen-bond acceptors (Lipinski definition) is 5. The fraction of sp³-hybridized carbons (Fsp3) is 0.647. The van der Waals surface area contributed by atoms with Crippen LogP contribution in [-0.2, 0) is 0 Å². The van der Waals surface area contributed by atoms with Gasteiger partial charge in [0.2, 0.25) is 0 Å². The van der Waals surface area contributed by atoms with Crippen LogP contribution in [0.4, 0.5) is 5.82 Å². The van der Waals surface area contributed by atoms with Crippen molar-refractivity contribution < 1.29 is 4.79 Å². The highest BCUT2D eigenvalue weighted by atomic mass is 32.2. The van der Waals surface area contributed by atoms with Gasteiger partial charge in [-0.3, -0.25) is 4.79 Å². The Kier molecular flexibility index (Phi) is 5.78. The summed E-state index contributed by atoms with van der Waals surface area (Å²) in [4.78, 5) is 19.2. The zero-order chi connectivity index (χ0) is 16.1. The van der Waals surface area contributed by atoms with Gasteiger partial charge in [0.05, 0.1) is 0 Å². The molecule has 5 nitrogen and oxygen atoms in total. The lowest BCUT2D eigenvalue weighted by atomic mass is 10.0. The summed E-state index contributed by atoms with van der Waals surface area (Å²) in [6.45, 7) is 2.22. The molecule has 0 radical (unpaired) electrons. The van der Waals surface area contributed by atoms with Crippen LogP contribution in [0.15, 0.2) is 18.3 Å². The lowest BCUT2D eigenvalue weighted by molar-refractivity contribution is 0.0886. The van der Waals surface area contributed by atoms with Crippen LogP contribution in [-0.4, -0.2) is 59.5 Å². The first-order valence-electron chi connectivity index (χ1n) is 8.52. The van der Waals surface area contributed by atoms with Gasteiger partial charge >= 0.3 is 0 Å². The molecule has 2 N–H and O–H groups in total. The number of rotatable bonds is 4. The Balaban J connectivity index is 1.49. The second-order valence-corrected chi connectivity index (χ2v) is 7.53. The second-order valence-electron chi connectivity index (χ2n) is 6.31. The van der Waals surface area contributed by atoms with Crippen molar-refractivity contribution in [3.8, 4) is 0 Å². The van der Waals surface area contributed by atoms with Gasteiger partial charge in [0.15, 0.2) is 0 Å². The van der Waals surface area contributed by atoms with Gasteiger partial charge < -0.3 is 15.5 Å². The molecule has 0 spiro atoms. The number of carbonyl (C=O) groups excluding carboxylic acids is 1. The monoisotopic (exact) mass is 334 g/mol. The van der Waals surface area contributed by atoms with E-state index in [0.29, 0.717) is 11.6 Å². The predicted molar refractivity (Wildman–Crippen MR) is 96.2 cm³/mol. The van der Waals surface area contributed by atoms with Crippen molar-refractivity contribution in [3.63, 3.8) is 0 Å². The van der Waals surface area contributed by atoms with Crippen LogP contribution in [0.25, 0.3) is 0 Å². The molecule has 0 bridgehead atoms. The third-order valence-electron chi connectivity index (χ3n) is 4.85. The van der Waals surface area contributed by atoms with E-state index in [9.17, 15) is 4.79 Å². The molecule has 0 saturated carbocycles. The molecule has 1 amide bonds. The minimum atomic E-state index is 0.0106. The van der Waals surface area contributed by atoms with Crippen LogP contribution >= 0.6 is 11.8 Å². The number of likely N-dealkylation sites (tertiary alicyclic amines) is 1. The molecule has 1 aromatic rings. The average Bonchev–Trinajstić information content (AvgIpc) is 2.63. The smallest absolute Gasteiger partial charge is 0.251 e. The number of nitrogens with zero attached hydrogens (tertiary/aromatic N) is 2. The molecule has 6 heteroatoms. The molecule has 0 unspecified atom stereocenters. The normalized spacial score (nSPS) is 21.1. The molecule has 0 atom stereocenters. The van der Waals surface area contributed by atoms with E-state index in [-0.39, 0.29) is 5.91 Å². The number of nitrogens with one attached hydrogen (secondary N) is 2. The van der Waals surface area contributed by atoms with Crippen molar-refractivity contribution in [1.29, 1.82) is 0 Å². The molecule has 2 aliphatic heterocycles. The van der Waals surface area contributed by atoms with E-state index in [1.165, 1.54) is 24.3 Å². The van der Waals surface area contributed by atoms with Crippen molar-refractivity contribution in [2.24, 2.45) is 0 Å². The van der Waals surface area contributed by atoms with Crippen molar-refractivity contribution in [1.82, 2.24) is 15.2 Å². The van der Waals surface area contributed by atoms with Crippen molar-refractivity contribution >= 4 is 23.5 Å². The Labute approximate surface area is 142 Å². The molecule has 3 rings (SSSR count). The fourth-order valence-corrected chi connectivity index (χ4v) is 4.52. The van der Waals surface area contributed by atoms with Crippen LogP contribution in [0.3, 0.4) is 0 Å². The second kappa shape index (κ2) is 8.02. The van der Waals surface area contributed by atoms with Gasteiger partial charge in [-0.1, -0.05) is 0 Å². The first-order chi connectivity index (χ1) is 11.3. The molecule has 0 aliphatic carbocycles. The summed E-state index contributed by atoms with van der Waals surface area (Å²) in [7, 11) is 1.81.